The summed E-state index contributed by atoms with van der Waals surface area (Å²) >= 11 is 0. The number of carbonyl (C=O) groups is 1. The lowest BCUT2D eigenvalue weighted by Crippen LogP contribution is -2.18. The highest BCUT2D eigenvalue weighted by Crippen LogP contribution is 2.24. The molecule has 142 valence electrons. The number of carboxylic acid groups (broad SMARTS) is 1. The second-order valence-corrected chi connectivity index (χ2v) is 6.27. The van der Waals surface area contributed by atoms with Crippen molar-refractivity contribution in [1.29, 1.82) is 0 Å². The average molecular weight is 362 g/mol. The molecule has 26 heavy (non-hydrogen) atoms. The minimum Gasteiger partial charge on any atom is -0.478 e. The molecule has 0 atom stereocenters. The van der Waals surface area contributed by atoms with Crippen molar-refractivity contribution in [2.24, 2.45) is 0 Å². The zero-order chi connectivity index (χ0) is 19.1. The van der Waals surface area contributed by atoms with Crippen LogP contribution in [0.5, 0.6) is 0 Å². The van der Waals surface area contributed by atoms with E-state index >= 15 is 0 Å². The molecule has 0 fully saturated rings. The molecule has 0 radical (unpaired) electrons. The van der Waals surface area contributed by atoms with E-state index in [1.54, 1.807) is 12.1 Å². The Morgan fingerprint density at radius 2 is 1.92 bits per heavy atom. The van der Waals surface area contributed by atoms with Gasteiger partial charge in [0.15, 0.2) is 0 Å². The molecule has 6 heteroatoms. The first-order chi connectivity index (χ1) is 12.5. The third-order valence-corrected chi connectivity index (χ3v) is 4.53. The first-order valence-corrected chi connectivity index (χ1v) is 8.90. The smallest absolute Gasteiger partial charge is 0.337 e. The molecule has 0 saturated carbocycles. The number of benzene rings is 1. The van der Waals surface area contributed by atoms with Crippen LogP contribution in [-0.2, 0) is 17.8 Å². The summed E-state index contributed by atoms with van der Waals surface area (Å²) in [7, 11) is 0. The van der Waals surface area contributed by atoms with Gasteiger partial charge in [0.2, 0.25) is 0 Å². The van der Waals surface area contributed by atoms with Crippen LogP contribution in [0.15, 0.2) is 24.3 Å². The summed E-state index contributed by atoms with van der Waals surface area (Å²) in [5.74, 6) is -1.20. The van der Waals surface area contributed by atoms with E-state index in [2.05, 4.69) is 5.32 Å². The molecule has 1 heterocycles. The normalized spacial score (nSPS) is 11.1. The Kier molecular flexibility index (Phi) is 7.36. The molecule has 0 unspecified atom stereocenters. The van der Waals surface area contributed by atoms with Gasteiger partial charge in [-0.15, -0.1) is 0 Å². The van der Waals surface area contributed by atoms with E-state index < -0.39 is 5.97 Å². The van der Waals surface area contributed by atoms with Gasteiger partial charge in [-0.2, -0.15) is 0 Å². The Morgan fingerprint density at radius 1 is 1.23 bits per heavy atom. The molecule has 2 rings (SSSR count). The molecule has 2 aromatic rings. The van der Waals surface area contributed by atoms with Gasteiger partial charge in [-0.3, -0.25) is 0 Å². The third kappa shape index (κ3) is 4.93. The van der Waals surface area contributed by atoms with Crippen LogP contribution in [0.3, 0.4) is 0 Å². The fraction of sp³-hybridized carbons (Fsp3) is 0.450. The monoisotopic (exact) mass is 362 g/mol. The number of carboxylic acids is 1. The minimum atomic E-state index is -0.922. The van der Waals surface area contributed by atoms with E-state index in [1.165, 1.54) is 12.1 Å². The summed E-state index contributed by atoms with van der Waals surface area (Å²) in [6.45, 7) is 8.88. The lowest BCUT2D eigenvalue weighted by atomic mass is 10.1. The van der Waals surface area contributed by atoms with Gasteiger partial charge in [-0.05, 0) is 51.4 Å². The Morgan fingerprint density at radius 3 is 2.54 bits per heavy atom. The molecule has 5 nitrogen and oxygen atoms in total. The number of nitrogens with zero attached hydrogens (tertiary/aromatic N) is 1. The van der Waals surface area contributed by atoms with Crippen LogP contribution in [-0.4, -0.2) is 35.4 Å². The van der Waals surface area contributed by atoms with Gasteiger partial charge in [0, 0.05) is 43.3 Å². The van der Waals surface area contributed by atoms with E-state index in [0.29, 0.717) is 37.6 Å². The van der Waals surface area contributed by atoms with E-state index in [0.717, 1.165) is 29.8 Å². The number of aromatic nitrogens is 1. The first kappa shape index (κ1) is 20.1. The predicted octanol–water partition coefficient (Wildman–Crippen LogP) is 3.51. The molecule has 0 amide bonds. The van der Waals surface area contributed by atoms with Crippen molar-refractivity contribution in [3.05, 3.63) is 58.2 Å². The second kappa shape index (κ2) is 9.50. The van der Waals surface area contributed by atoms with Gasteiger partial charge >= 0.3 is 5.97 Å². The summed E-state index contributed by atoms with van der Waals surface area (Å²) < 4.78 is 20.4. The summed E-state index contributed by atoms with van der Waals surface area (Å²) in [6.07, 6.45) is 0.880. The fourth-order valence-electron chi connectivity index (χ4n) is 3.12. The lowest BCUT2D eigenvalue weighted by molar-refractivity contribution is 0.0694. The minimum absolute atomic E-state index is 0.280. The van der Waals surface area contributed by atoms with Gasteiger partial charge in [-0.25, -0.2) is 9.18 Å². The van der Waals surface area contributed by atoms with Crippen molar-refractivity contribution in [2.45, 2.75) is 40.3 Å². The van der Waals surface area contributed by atoms with E-state index in [9.17, 15) is 14.3 Å². The van der Waals surface area contributed by atoms with Crippen LogP contribution in [0.4, 0.5) is 4.39 Å². The van der Waals surface area contributed by atoms with Crippen molar-refractivity contribution in [1.82, 2.24) is 9.88 Å². The van der Waals surface area contributed by atoms with Crippen molar-refractivity contribution < 1.29 is 19.0 Å². The average Bonchev–Trinajstić information content (AvgIpc) is 2.84. The number of rotatable bonds is 10. The SMILES string of the molecule is CCOCCCNCc1c(C(=O)O)c(C)n(Cc2ccc(F)cc2)c1C. The van der Waals surface area contributed by atoms with E-state index in [1.807, 2.05) is 25.3 Å². The molecular weight excluding hydrogens is 335 g/mol. The molecule has 0 aliphatic heterocycles. The van der Waals surface area contributed by atoms with Crippen molar-refractivity contribution in [3.63, 3.8) is 0 Å². The third-order valence-electron chi connectivity index (χ3n) is 4.53. The maximum absolute atomic E-state index is 13.1. The van der Waals surface area contributed by atoms with Crippen molar-refractivity contribution in [2.75, 3.05) is 19.8 Å². The van der Waals surface area contributed by atoms with Gasteiger partial charge in [0.05, 0.1) is 5.56 Å². The van der Waals surface area contributed by atoms with Crippen LogP contribution in [0, 0.1) is 19.7 Å². The Labute approximate surface area is 153 Å². The van der Waals surface area contributed by atoms with Crippen LogP contribution < -0.4 is 5.32 Å². The molecular formula is C20H27FN2O3. The summed E-state index contributed by atoms with van der Waals surface area (Å²) in [6, 6.07) is 6.28. The van der Waals surface area contributed by atoms with Gasteiger partial charge < -0.3 is 19.7 Å². The van der Waals surface area contributed by atoms with E-state index in [-0.39, 0.29) is 5.82 Å². The zero-order valence-corrected chi connectivity index (χ0v) is 15.6. The van der Waals surface area contributed by atoms with Gasteiger partial charge in [0.25, 0.3) is 0 Å². The van der Waals surface area contributed by atoms with Crippen molar-refractivity contribution in [3.8, 4) is 0 Å². The number of nitrogens with one attached hydrogen (secondary N) is 1. The molecule has 1 aromatic carbocycles. The number of hydrogen-bond donors (Lipinski definition) is 2. The van der Waals surface area contributed by atoms with Crippen molar-refractivity contribution >= 4 is 5.97 Å². The topological polar surface area (TPSA) is 63.5 Å². The Balaban J connectivity index is 2.16. The predicted molar refractivity (Wildman–Crippen MR) is 99.2 cm³/mol. The summed E-state index contributed by atoms with van der Waals surface area (Å²) in [5, 5.41) is 13.0. The number of aromatic carboxylic acids is 1. The molecule has 0 spiro atoms. The number of ether oxygens (including phenoxy) is 1. The standard InChI is InChI=1S/C20H27FN2O3/c1-4-26-11-5-10-22-12-18-14(2)23(15(3)19(18)20(24)25)13-16-6-8-17(21)9-7-16/h6-9,22H,4-5,10-13H2,1-3H3,(H,24,25). The highest BCUT2D eigenvalue weighted by molar-refractivity contribution is 5.91. The summed E-state index contributed by atoms with van der Waals surface area (Å²) in [4.78, 5) is 11.8. The fourth-order valence-corrected chi connectivity index (χ4v) is 3.12. The molecule has 0 aliphatic carbocycles. The molecule has 2 N–H and O–H groups in total. The quantitative estimate of drug-likeness (QED) is 0.635. The van der Waals surface area contributed by atoms with E-state index in [4.69, 9.17) is 4.74 Å². The highest BCUT2D eigenvalue weighted by atomic mass is 19.1. The Hall–Kier alpha value is -2.18. The molecule has 0 saturated heterocycles. The first-order valence-electron chi connectivity index (χ1n) is 8.90. The van der Waals surface area contributed by atoms with Gasteiger partial charge in [0.1, 0.15) is 5.82 Å². The molecule has 0 bridgehead atoms. The van der Waals surface area contributed by atoms with Crippen LogP contribution >= 0.6 is 0 Å². The number of hydrogen-bond acceptors (Lipinski definition) is 3. The molecule has 1 aromatic heterocycles. The Bertz CT molecular complexity index is 739. The second-order valence-electron chi connectivity index (χ2n) is 6.27. The van der Waals surface area contributed by atoms with Crippen LogP contribution in [0.1, 0.15) is 46.2 Å². The maximum Gasteiger partial charge on any atom is 0.337 e. The highest BCUT2D eigenvalue weighted by Gasteiger charge is 2.22. The lowest BCUT2D eigenvalue weighted by Gasteiger charge is -2.10. The van der Waals surface area contributed by atoms with Crippen LogP contribution in [0.25, 0.3) is 0 Å². The largest absolute Gasteiger partial charge is 0.478 e. The maximum atomic E-state index is 13.1. The van der Waals surface area contributed by atoms with Gasteiger partial charge in [-0.1, -0.05) is 12.1 Å². The summed E-state index contributed by atoms with van der Waals surface area (Å²) in [5.41, 5.74) is 3.71. The number of halogens is 1. The molecule has 0 aliphatic rings. The zero-order valence-electron chi connectivity index (χ0n) is 15.6. The van der Waals surface area contributed by atoms with Crippen LogP contribution in [0.2, 0.25) is 0 Å².